The molecule has 0 radical (unpaired) electrons. The van der Waals surface area contributed by atoms with Gasteiger partial charge in [0.25, 0.3) is 0 Å². The van der Waals surface area contributed by atoms with Crippen molar-refractivity contribution in [2.45, 2.75) is 37.9 Å². The number of aromatic nitrogens is 3. The second-order valence-corrected chi connectivity index (χ2v) is 6.60. The van der Waals surface area contributed by atoms with Crippen LogP contribution in [-0.4, -0.2) is 14.8 Å². The first-order valence-corrected chi connectivity index (χ1v) is 9.13. The zero-order valence-corrected chi connectivity index (χ0v) is 15.1. The Balaban J connectivity index is 1.63. The molecule has 0 N–H and O–H groups in total. The van der Waals surface area contributed by atoms with Crippen LogP contribution in [0.5, 0.6) is 5.75 Å². The Kier molecular flexibility index (Phi) is 5.71. The molecule has 3 rings (SSSR count). The lowest BCUT2D eigenvalue weighted by Crippen LogP contribution is -2.07. The van der Waals surface area contributed by atoms with Crippen LogP contribution in [-0.2, 0) is 18.9 Å². The van der Waals surface area contributed by atoms with Crippen molar-refractivity contribution in [3.05, 3.63) is 71.3 Å². The lowest BCUT2D eigenvalue weighted by atomic mass is 10.2. The number of halogens is 1. The zero-order chi connectivity index (χ0) is 17.6. The van der Waals surface area contributed by atoms with Crippen LogP contribution in [0.3, 0.4) is 0 Å². The SMILES string of the molecule is CCn1c(COc2ccc(F)cc2)nnc1SCc1ccc(C)cc1. The number of ether oxygens (including phenoxy) is 1. The van der Waals surface area contributed by atoms with Gasteiger partial charge in [0.1, 0.15) is 18.2 Å². The molecule has 0 bridgehead atoms. The molecule has 1 heterocycles. The van der Waals surface area contributed by atoms with E-state index in [0.29, 0.717) is 12.4 Å². The summed E-state index contributed by atoms with van der Waals surface area (Å²) < 4.78 is 20.7. The average molecular weight is 357 g/mol. The van der Waals surface area contributed by atoms with Gasteiger partial charge in [0, 0.05) is 12.3 Å². The standard InChI is InChI=1S/C19H20FN3OS/c1-3-23-18(12-24-17-10-8-16(20)9-11-17)21-22-19(23)25-13-15-6-4-14(2)5-7-15/h4-11H,3,12-13H2,1-2H3. The molecule has 0 unspecified atom stereocenters. The highest BCUT2D eigenvalue weighted by Gasteiger charge is 2.12. The Labute approximate surface area is 151 Å². The average Bonchev–Trinajstić information content (AvgIpc) is 3.02. The van der Waals surface area contributed by atoms with E-state index < -0.39 is 0 Å². The Morgan fingerprint density at radius 2 is 1.76 bits per heavy atom. The lowest BCUT2D eigenvalue weighted by Gasteiger charge is -2.09. The van der Waals surface area contributed by atoms with Crippen molar-refractivity contribution < 1.29 is 9.13 Å². The summed E-state index contributed by atoms with van der Waals surface area (Å²) in [7, 11) is 0. The maximum Gasteiger partial charge on any atom is 0.191 e. The van der Waals surface area contributed by atoms with Gasteiger partial charge in [-0.05, 0) is 43.7 Å². The van der Waals surface area contributed by atoms with Crippen LogP contribution >= 0.6 is 11.8 Å². The third kappa shape index (κ3) is 4.60. The summed E-state index contributed by atoms with van der Waals surface area (Å²) >= 11 is 1.66. The molecule has 4 nitrogen and oxygen atoms in total. The quantitative estimate of drug-likeness (QED) is 0.579. The second kappa shape index (κ2) is 8.16. The van der Waals surface area contributed by atoms with Crippen molar-refractivity contribution in [1.82, 2.24) is 14.8 Å². The molecule has 1 aromatic heterocycles. The van der Waals surface area contributed by atoms with Crippen molar-refractivity contribution in [3.8, 4) is 5.75 Å². The maximum atomic E-state index is 12.9. The van der Waals surface area contributed by atoms with E-state index in [-0.39, 0.29) is 5.82 Å². The second-order valence-electron chi connectivity index (χ2n) is 5.66. The number of hydrogen-bond donors (Lipinski definition) is 0. The predicted octanol–water partition coefficient (Wildman–Crippen LogP) is 4.62. The van der Waals surface area contributed by atoms with Gasteiger partial charge >= 0.3 is 0 Å². The first kappa shape index (κ1) is 17.5. The van der Waals surface area contributed by atoms with Crippen LogP contribution in [0.2, 0.25) is 0 Å². The van der Waals surface area contributed by atoms with E-state index in [2.05, 4.69) is 48.3 Å². The zero-order valence-electron chi connectivity index (χ0n) is 14.3. The summed E-state index contributed by atoms with van der Waals surface area (Å²) in [6, 6.07) is 14.5. The van der Waals surface area contributed by atoms with E-state index in [4.69, 9.17) is 4.74 Å². The van der Waals surface area contributed by atoms with Crippen LogP contribution in [0.15, 0.2) is 53.7 Å². The van der Waals surface area contributed by atoms with Crippen molar-refractivity contribution in [3.63, 3.8) is 0 Å². The van der Waals surface area contributed by atoms with Gasteiger partial charge in [0.15, 0.2) is 11.0 Å². The highest BCUT2D eigenvalue weighted by atomic mass is 32.2. The van der Waals surface area contributed by atoms with E-state index in [1.807, 2.05) is 4.57 Å². The number of rotatable bonds is 7. The maximum absolute atomic E-state index is 12.9. The third-order valence-electron chi connectivity index (χ3n) is 3.78. The minimum absolute atomic E-state index is 0.279. The minimum atomic E-state index is -0.279. The number of hydrogen-bond acceptors (Lipinski definition) is 4. The van der Waals surface area contributed by atoms with Crippen LogP contribution in [0.4, 0.5) is 4.39 Å². The van der Waals surface area contributed by atoms with E-state index in [9.17, 15) is 4.39 Å². The normalized spacial score (nSPS) is 10.8. The van der Waals surface area contributed by atoms with Crippen LogP contribution in [0.25, 0.3) is 0 Å². The molecule has 0 saturated carbocycles. The monoisotopic (exact) mass is 357 g/mol. The molecule has 0 atom stereocenters. The number of aryl methyl sites for hydroxylation is 1. The van der Waals surface area contributed by atoms with Gasteiger partial charge < -0.3 is 9.30 Å². The Bertz CT molecular complexity index is 749. The van der Waals surface area contributed by atoms with Crippen molar-refractivity contribution in [2.75, 3.05) is 0 Å². The molecule has 0 amide bonds. The van der Waals surface area contributed by atoms with E-state index >= 15 is 0 Å². The predicted molar refractivity (Wildman–Crippen MR) is 97.2 cm³/mol. The summed E-state index contributed by atoms with van der Waals surface area (Å²) in [5.41, 5.74) is 2.51. The van der Waals surface area contributed by atoms with Crippen molar-refractivity contribution >= 4 is 11.8 Å². The molecule has 25 heavy (non-hydrogen) atoms. The van der Waals surface area contributed by atoms with Crippen LogP contribution in [0.1, 0.15) is 23.9 Å². The molecule has 6 heteroatoms. The number of benzene rings is 2. The highest BCUT2D eigenvalue weighted by molar-refractivity contribution is 7.98. The largest absolute Gasteiger partial charge is 0.486 e. The van der Waals surface area contributed by atoms with Gasteiger partial charge in [0.05, 0.1) is 0 Å². The van der Waals surface area contributed by atoms with Crippen LogP contribution < -0.4 is 4.74 Å². The van der Waals surface area contributed by atoms with Crippen molar-refractivity contribution in [1.29, 1.82) is 0 Å². The molecule has 0 aliphatic carbocycles. The summed E-state index contributed by atoms with van der Waals surface area (Å²) in [5, 5.41) is 9.40. The Hall–Kier alpha value is -2.34. The smallest absolute Gasteiger partial charge is 0.191 e. The summed E-state index contributed by atoms with van der Waals surface area (Å²) in [6.45, 7) is 5.21. The molecule has 0 spiro atoms. The molecule has 130 valence electrons. The van der Waals surface area contributed by atoms with E-state index in [1.165, 1.54) is 23.3 Å². The molecular weight excluding hydrogens is 337 g/mol. The lowest BCUT2D eigenvalue weighted by molar-refractivity contribution is 0.288. The number of nitrogens with zero attached hydrogens (tertiary/aromatic N) is 3. The Morgan fingerprint density at radius 3 is 2.44 bits per heavy atom. The summed E-state index contributed by atoms with van der Waals surface area (Å²) in [6.07, 6.45) is 0. The van der Waals surface area contributed by atoms with Gasteiger partial charge in [-0.2, -0.15) is 0 Å². The molecular formula is C19H20FN3OS. The van der Waals surface area contributed by atoms with Gasteiger partial charge in [-0.15, -0.1) is 10.2 Å². The minimum Gasteiger partial charge on any atom is -0.486 e. The van der Waals surface area contributed by atoms with Gasteiger partial charge in [0.2, 0.25) is 0 Å². The molecule has 0 aliphatic rings. The third-order valence-corrected chi connectivity index (χ3v) is 4.82. The van der Waals surface area contributed by atoms with Gasteiger partial charge in [-0.1, -0.05) is 41.6 Å². The first-order valence-electron chi connectivity index (χ1n) is 8.14. The Morgan fingerprint density at radius 1 is 1.04 bits per heavy atom. The molecule has 2 aromatic carbocycles. The molecule has 3 aromatic rings. The van der Waals surface area contributed by atoms with Gasteiger partial charge in [-0.25, -0.2) is 4.39 Å². The van der Waals surface area contributed by atoms with E-state index in [0.717, 1.165) is 23.3 Å². The van der Waals surface area contributed by atoms with Crippen LogP contribution in [0, 0.1) is 12.7 Å². The molecule has 0 fully saturated rings. The topological polar surface area (TPSA) is 39.9 Å². The molecule has 0 aliphatic heterocycles. The fourth-order valence-electron chi connectivity index (χ4n) is 2.36. The van der Waals surface area contributed by atoms with Gasteiger partial charge in [-0.3, -0.25) is 0 Å². The fourth-order valence-corrected chi connectivity index (χ4v) is 3.34. The number of thioether (sulfide) groups is 1. The summed E-state index contributed by atoms with van der Waals surface area (Å²) in [5.74, 6) is 1.94. The summed E-state index contributed by atoms with van der Waals surface area (Å²) in [4.78, 5) is 0. The fraction of sp³-hybridized carbons (Fsp3) is 0.263. The highest BCUT2D eigenvalue weighted by Crippen LogP contribution is 2.23. The van der Waals surface area contributed by atoms with E-state index in [1.54, 1.807) is 23.9 Å². The molecule has 0 saturated heterocycles. The first-order chi connectivity index (χ1) is 12.2. The van der Waals surface area contributed by atoms with Crippen molar-refractivity contribution in [2.24, 2.45) is 0 Å².